The van der Waals surface area contributed by atoms with Gasteiger partial charge in [0.25, 0.3) is 5.69 Å². The van der Waals surface area contributed by atoms with Crippen LogP contribution in [-0.2, 0) is 0 Å². The third-order valence-electron chi connectivity index (χ3n) is 1.71. The van der Waals surface area contributed by atoms with Crippen molar-refractivity contribution in [3.63, 3.8) is 0 Å². The molecule has 2 N–H and O–H groups in total. The highest BCUT2D eigenvalue weighted by Crippen LogP contribution is 2.28. The van der Waals surface area contributed by atoms with Crippen molar-refractivity contribution in [1.82, 2.24) is 0 Å². The Morgan fingerprint density at radius 2 is 2.25 bits per heavy atom. The Morgan fingerprint density at radius 1 is 1.56 bits per heavy atom. The number of nitrogens with zero attached hydrogens (tertiary/aromatic N) is 2. The van der Waals surface area contributed by atoms with Crippen LogP contribution < -0.4 is 5.73 Å². The summed E-state index contributed by atoms with van der Waals surface area (Å²) in [4.78, 5) is 9.99. The topological polar surface area (TPSA) is 92.9 Å². The van der Waals surface area contributed by atoms with Crippen LogP contribution in [0.15, 0.2) is 12.1 Å². The van der Waals surface area contributed by atoms with Crippen LogP contribution in [0.4, 0.5) is 11.4 Å². The van der Waals surface area contributed by atoms with Gasteiger partial charge in [-0.15, -0.1) is 0 Å². The first kappa shape index (κ1) is 11.8. The number of nitrogen functional groups attached to an aromatic ring is 1. The van der Waals surface area contributed by atoms with Gasteiger partial charge in [0.1, 0.15) is 5.69 Å². The first-order chi connectivity index (χ1) is 7.56. The zero-order valence-electron chi connectivity index (χ0n) is 8.03. The second-order valence-corrected chi connectivity index (χ2v) is 3.22. The zero-order chi connectivity index (χ0) is 12.1. The van der Waals surface area contributed by atoms with Gasteiger partial charge in [0.05, 0.1) is 23.0 Å². The van der Waals surface area contributed by atoms with Gasteiger partial charge in [-0.3, -0.25) is 10.1 Å². The monoisotopic (exact) mass is 235 g/mol. The largest absolute Gasteiger partial charge is 0.392 e. The summed E-state index contributed by atoms with van der Waals surface area (Å²) in [7, 11) is 0. The summed E-state index contributed by atoms with van der Waals surface area (Å²) >= 11 is 5.69. The van der Waals surface area contributed by atoms with Gasteiger partial charge < -0.3 is 5.73 Å². The van der Waals surface area contributed by atoms with Gasteiger partial charge in [-0.2, -0.15) is 5.26 Å². The van der Waals surface area contributed by atoms with E-state index in [9.17, 15) is 10.1 Å². The second kappa shape index (κ2) is 5.01. The number of nitrogens with two attached hydrogens (primary N) is 1. The molecule has 1 aromatic rings. The lowest BCUT2D eigenvalue weighted by Crippen LogP contribution is -1.98. The summed E-state index contributed by atoms with van der Waals surface area (Å²) in [5, 5.41) is 19.1. The molecule has 1 aromatic carbocycles. The van der Waals surface area contributed by atoms with Gasteiger partial charge >= 0.3 is 0 Å². The van der Waals surface area contributed by atoms with E-state index in [0.29, 0.717) is 0 Å². The Bertz CT molecular complexity index is 537. The molecule has 0 saturated carbocycles. The van der Waals surface area contributed by atoms with Crippen LogP contribution in [0.1, 0.15) is 12.0 Å². The Hall–Kier alpha value is -2.24. The van der Waals surface area contributed by atoms with Gasteiger partial charge in [0, 0.05) is 11.1 Å². The molecule has 0 spiro atoms. The number of nitro groups is 1. The van der Waals surface area contributed by atoms with E-state index in [2.05, 4.69) is 11.8 Å². The minimum absolute atomic E-state index is 0.0275. The molecule has 0 aliphatic heterocycles. The number of rotatable bonds is 1. The van der Waals surface area contributed by atoms with Crippen molar-refractivity contribution < 1.29 is 4.92 Å². The van der Waals surface area contributed by atoms with Crippen LogP contribution >= 0.6 is 11.6 Å². The molecule has 0 aromatic heterocycles. The molecule has 80 valence electrons. The standard InChI is InChI=1S/C10H6ClN3O2/c11-8-5-7(3-1-2-4-12)10(13)9(6-8)14(15)16/h5-6H,2,13H2. The van der Waals surface area contributed by atoms with Crippen LogP contribution in [-0.4, -0.2) is 4.92 Å². The van der Waals surface area contributed by atoms with Crippen LogP contribution in [0.3, 0.4) is 0 Å². The molecule has 0 radical (unpaired) electrons. The number of nitriles is 1. The van der Waals surface area contributed by atoms with Crippen molar-refractivity contribution in [3.8, 4) is 17.9 Å². The first-order valence-electron chi connectivity index (χ1n) is 4.15. The highest BCUT2D eigenvalue weighted by atomic mass is 35.5. The molecule has 0 aliphatic carbocycles. The molecule has 6 heteroatoms. The van der Waals surface area contributed by atoms with Gasteiger partial charge in [-0.1, -0.05) is 23.4 Å². The Kier molecular flexibility index (Phi) is 3.71. The number of anilines is 1. The molecule has 0 saturated heterocycles. The molecule has 0 amide bonds. The zero-order valence-corrected chi connectivity index (χ0v) is 8.78. The maximum atomic E-state index is 10.6. The van der Waals surface area contributed by atoms with E-state index in [4.69, 9.17) is 22.6 Å². The maximum Gasteiger partial charge on any atom is 0.294 e. The minimum atomic E-state index is -0.628. The van der Waals surface area contributed by atoms with Crippen LogP contribution in [0.25, 0.3) is 0 Å². The summed E-state index contributed by atoms with van der Waals surface area (Å²) < 4.78 is 0. The molecule has 0 atom stereocenters. The number of nitro benzene ring substituents is 1. The number of hydrogen-bond donors (Lipinski definition) is 1. The fourth-order valence-corrected chi connectivity index (χ4v) is 1.25. The maximum absolute atomic E-state index is 10.6. The van der Waals surface area contributed by atoms with Crippen molar-refractivity contribution in [2.24, 2.45) is 0 Å². The van der Waals surface area contributed by atoms with Crippen molar-refractivity contribution in [2.75, 3.05) is 5.73 Å². The molecule has 0 aliphatic rings. The Labute approximate surface area is 96.6 Å². The lowest BCUT2D eigenvalue weighted by atomic mass is 10.1. The molecular weight excluding hydrogens is 230 g/mol. The Morgan fingerprint density at radius 3 is 2.81 bits per heavy atom. The summed E-state index contributed by atoms with van der Waals surface area (Å²) in [6.07, 6.45) is 0.0275. The molecule has 0 fully saturated rings. The number of halogens is 1. The number of benzene rings is 1. The van der Waals surface area contributed by atoms with E-state index in [1.807, 2.05) is 6.07 Å². The quantitative estimate of drug-likeness (QED) is 0.349. The lowest BCUT2D eigenvalue weighted by Gasteiger charge is -2.00. The third-order valence-corrected chi connectivity index (χ3v) is 1.93. The Balaban J connectivity index is 3.27. The van der Waals surface area contributed by atoms with Crippen molar-refractivity contribution in [1.29, 1.82) is 5.26 Å². The van der Waals surface area contributed by atoms with Crippen molar-refractivity contribution in [2.45, 2.75) is 6.42 Å². The lowest BCUT2D eigenvalue weighted by molar-refractivity contribution is -0.383. The van der Waals surface area contributed by atoms with Crippen LogP contribution in [0, 0.1) is 33.3 Å². The molecule has 16 heavy (non-hydrogen) atoms. The fourth-order valence-electron chi connectivity index (χ4n) is 1.04. The summed E-state index contributed by atoms with van der Waals surface area (Å²) in [6, 6.07) is 4.41. The van der Waals surface area contributed by atoms with Crippen LogP contribution in [0.2, 0.25) is 5.02 Å². The smallest absolute Gasteiger partial charge is 0.294 e. The first-order valence-corrected chi connectivity index (χ1v) is 4.53. The average Bonchev–Trinajstić information content (AvgIpc) is 2.22. The second-order valence-electron chi connectivity index (χ2n) is 2.78. The van der Waals surface area contributed by atoms with Crippen LogP contribution in [0.5, 0.6) is 0 Å². The summed E-state index contributed by atoms with van der Waals surface area (Å²) in [6.45, 7) is 0. The van der Waals surface area contributed by atoms with E-state index in [1.165, 1.54) is 6.07 Å². The highest BCUT2D eigenvalue weighted by molar-refractivity contribution is 6.31. The van der Waals surface area contributed by atoms with E-state index in [-0.39, 0.29) is 28.4 Å². The van der Waals surface area contributed by atoms with Gasteiger partial charge in [0.2, 0.25) is 0 Å². The normalized spacial score (nSPS) is 8.75. The molecule has 0 bridgehead atoms. The fraction of sp³-hybridized carbons (Fsp3) is 0.100. The predicted octanol–water partition coefficient (Wildman–Crippen LogP) is 2.10. The molecule has 0 heterocycles. The molecule has 0 unspecified atom stereocenters. The highest BCUT2D eigenvalue weighted by Gasteiger charge is 2.15. The third kappa shape index (κ3) is 2.63. The van der Waals surface area contributed by atoms with Gasteiger partial charge in [-0.05, 0) is 6.07 Å². The van der Waals surface area contributed by atoms with E-state index >= 15 is 0 Å². The molecule has 5 nitrogen and oxygen atoms in total. The number of hydrogen-bond acceptors (Lipinski definition) is 4. The molecule has 1 rings (SSSR count). The van der Waals surface area contributed by atoms with E-state index in [0.717, 1.165) is 6.07 Å². The summed E-state index contributed by atoms with van der Waals surface area (Å²) in [5.74, 6) is 5.08. The summed E-state index contributed by atoms with van der Waals surface area (Å²) in [5.41, 5.74) is 5.48. The van der Waals surface area contributed by atoms with Gasteiger partial charge in [0.15, 0.2) is 0 Å². The van der Waals surface area contributed by atoms with Crippen molar-refractivity contribution >= 4 is 23.0 Å². The van der Waals surface area contributed by atoms with Gasteiger partial charge in [-0.25, -0.2) is 0 Å². The average molecular weight is 236 g/mol. The van der Waals surface area contributed by atoms with E-state index in [1.54, 1.807) is 0 Å². The minimum Gasteiger partial charge on any atom is -0.392 e. The predicted molar refractivity (Wildman–Crippen MR) is 59.6 cm³/mol. The SMILES string of the molecule is N#CCC#Cc1cc(Cl)cc([N+](=O)[O-])c1N. The molecular formula is C10H6ClN3O2. The van der Waals surface area contributed by atoms with Crippen molar-refractivity contribution in [3.05, 3.63) is 32.8 Å². The van der Waals surface area contributed by atoms with E-state index < -0.39 is 4.92 Å².